The second-order valence-electron chi connectivity index (χ2n) is 6.08. The maximum atomic E-state index is 11.4. The van der Waals surface area contributed by atoms with E-state index >= 15 is 0 Å². The molecule has 0 bridgehead atoms. The smallest absolute Gasteiger partial charge is 0.211 e. The second kappa shape index (κ2) is 6.67. The lowest BCUT2D eigenvalue weighted by Gasteiger charge is -2.37. The van der Waals surface area contributed by atoms with Crippen LogP contribution in [0.1, 0.15) is 24.4 Å². The average molecular weight is 332 g/mol. The fourth-order valence-electron chi connectivity index (χ4n) is 2.62. The molecule has 8 heteroatoms. The van der Waals surface area contributed by atoms with Gasteiger partial charge >= 0.3 is 0 Å². The fourth-order valence-corrected chi connectivity index (χ4v) is 2.98. The van der Waals surface area contributed by atoms with Crippen LogP contribution in [0.2, 0.25) is 0 Å². The van der Waals surface area contributed by atoms with Crippen LogP contribution in [0, 0.1) is 0 Å². The quantitative estimate of drug-likeness (QED) is 0.761. The van der Waals surface area contributed by atoms with Gasteiger partial charge in [-0.05, 0) is 31.5 Å². The highest BCUT2D eigenvalue weighted by atomic mass is 32.2. The minimum atomic E-state index is -3.24. The van der Waals surface area contributed by atoms with Crippen LogP contribution in [0.5, 0.6) is 0 Å². The van der Waals surface area contributed by atoms with E-state index < -0.39 is 15.6 Å². The van der Waals surface area contributed by atoms with Crippen LogP contribution in [-0.4, -0.2) is 66.4 Å². The average Bonchev–Trinajstić information content (AvgIpc) is 2.85. The molecule has 1 aliphatic rings. The number of aliphatic hydroxyl groups excluding tert-OH is 1. The van der Waals surface area contributed by atoms with Gasteiger partial charge in [0.1, 0.15) is 17.1 Å². The van der Waals surface area contributed by atoms with Gasteiger partial charge < -0.3 is 14.6 Å². The first-order valence-corrected chi connectivity index (χ1v) is 9.11. The Labute approximate surface area is 131 Å². The molecule has 1 aromatic heterocycles. The van der Waals surface area contributed by atoms with Gasteiger partial charge in [0.05, 0.1) is 26.0 Å². The van der Waals surface area contributed by atoms with E-state index in [9.17, 15) is 18.6 Å². The highest BCUT2D eigenvalue weighted by Crippen LogP contribution is 2.23. The number of β-amino-alcohol motifs (C(OH)–C–C–N with tert-alkyl or cyclic N) is 1. The summed E-state index contributed by atoms with van der Waals surface area (Å²) in [6.07, 6.45) is 2.57. The van der Waals surface area contributed by atoms with E-state index in [0.29, 0.717) is 25.3 Å². The molecule has 1 aliphatic heterocycles. The van der Waals surface area contributed by atoms with Gasteiger partial charge in [-0.3, -0.25) is 4.90 Å². The number of hydrogen-bond donors (Lipinski definition) is 2. The van der Waals surface area contributed by atoms with Crippen molar-refractivity contribution < 1.29 is 23.0 Å². The summed E-state index contributed by atoms with van der Waals surface area (Å²) in [5.74, 6) is 1.30. The maximum Gasteiger partial charge on any atom is 0.211 e. The molecule has 0 spiro atoms. The second-order valence-corrected chi connectivity index (χ2v) is 8.17. The van der Waals surface area contributed by atoms with Gasteiger partial charge in [-0.25, -0.2) is 8.42 Å². The Hall–Kier alpha value is -0.930. The van der Waals surface area contributed by atoms with E-state index in [2.05, 4.69) is 0 Å². The summed E-state index contributed by atoms with van der Waals surface area (Å²) in [5.41, 5.74) is -1.04. The van der Waals surface area contributed by atoms with Crippen molar-refractivity contribution >= 4 is 10.0 Å². The molecule has 2 heterocycles. The molecule has 1 saturated heterocycles. The summed E-state index contributed by atoms with van der Waals surface area (Å²) < 4.78 is 29.7. The number of aliphatic hydroxyl groups is 2. The lowest BCUT2D eigenvalue weighted by molar-refractivity contribution is -0.0697. The highest BCUT2D eigenvalue weighted by molar-refractivity contribution is 7.88. The third-order valence-corrected chi connectivity index (χ3v) is 5.23. The zero-order valence-corrected chi connectivity index (χ0v) is 13.8. The van der Waals surface area contributed by atoms with E-state index in [1.165, 1.54) is 11.4 Å². The number of nitrogens with zero attached hydrogens (tertiary/aromatic N) is 2. The van der Waals surface area contributed by atoms with Crippen molar-refractivity contribution in [2.75, 3.05) is 33.0 Å². The van der Waals surface area contributed by atoms with Gasteiger partial charge in [-0.1, -0.05) is 0 Å². The van der Waals surface area contributed by atoms with Gasteiger partial charge in [0.25, 0.3) is 0 Å². The molecule has 1 unspecified atom stereocenters. The number of piperidine rings is 1. The molecule has 1 fully saturated rings. The van der Waals surface area contributed by atoms with Gasteiger partial charge in [0.15, 0.2) is 0 Å². The normalized spacial score (nSPS) is 24.0. The third kappa shape index (κ3) is 4.53. The highest BCUT2D eigenvalue weighted by Gasteiger charge is 2.32. The van der Waals surface area contributed by atoms with Crippen molar-refractivity contribution in [2.45, 2.75) is 31.5 Å². The molecule has 22 heavy (non-hydrogen) atoms. The summed E-state index contributed by atoms with van der Waals surface area (Å²) in [7, 11) is -1.73. The monoisotopic (exact) mass is 332 g/mol. The minimum Gasteiger partial charge on any atom is -0.463 e. The van der Waals surface area contributed by atoms with Crippen molar-refractivity contribution in [1.82, 2.24) is 9.21 Å². The third-order valence-electron chi connectivity index (χ3n) is 3.97. The number of likely N-dealkylation sites (tertiary alicyclic amines) is 1. The lowest BCUT2D eigenvalue weighted by atomic mass is 9.94. The first-order chi connectivity index (χ1) is 10.2. The first kappa shape index (κ1) is 17.4. The van der Waals surface area contributed by atoms with Crippen molar-refractivity contribution in [2.24, 2.45) is 0 Å². The maximum absolute atomic E-state index is 11.4. The van der Waals surface area contributed by atoms with Crippen LogP contribution in [0.3, 0.4) is 0 Å². The number of sulfonamides is 1. The van der Waals surface area contributed by atoms with Gasteiger partial charge in [-0.15, -0.1) is 0 Å². The molecule has 2 N–H and O–H groups in total. The topological polar surface area (TPSA) is 94.2 Å². The first-order valence-electron chi connectivity index (χ1n) is 7.26. The van der Waals surface area contributed by atoms with Crippen molar-refractivity contribution in [3.8, 4) is 0 Å². The summed E-state index contributed by atoms with van der Waals surface area (Å²) in [6.45, 7) is 1.72. The molecule has 0 amide bonds. The zero-order valence-electron chi connectivity index (χ0n) is 13.0. The molecular weight excluding hydrogens is 308 g/mol. The van der Waals surface area contributed by atoms with Crippen molar-refractivity contribution in [1.29, 1.82) is 0 Å². The fraction of sp³-hybridized carbons (Fsp3) is 0.714. The van der Waals surface area contributed by atoms with Crippen LogP contribution >= 0.6 is 0 Å². The Morgan fingerprint density at radius 1 is 1.41 bits per heavy atom. The predicted octanol–water partition coefficient (Wildman–Crippen LogP) is -0.00980. The Morgan fingerprint density at radius 3 is 2.73 bits per heavy atom. The largest absolute Gasteiger partial charge is 0.463 e. The van der Waals surface area contributed by atoms with E-state index in [4.69, 9.17) is 4.42 Å². The van der Waals surface area contributed by atoms with E-state index in [1.54, 1.807) is 6.07 Å². The molecule has 0 aliphatic carbocycles. The minimum absolute atomic E-state index is 0.194. The summed E-state index contributed by atoms with van der Waals surface area (Å²) in [5, 5.41) is 19.4. The molecule has 126 valence electrons. The number of furan rings is 1. The molecular formula is C14H24N2O5S. The SMILES string of the molecule is CN(Cc1ccc(CN2CCCC(O)(CO)C2)o1)S(C)(=O)=O. The van der Waals surface area contributed by atoms with Gasteiger partial charge in [0, 0.05) is 13.6 Å². The van der Waals surface area contributed by atoms with Crippen LogP contribution in [-0.2, 0) is 23.1 Å². The molecule has 7 nitrogen and oxygen atoms in total. The number of hydrogen-bond acceptors (Lipinski definition) is 6. The summed E-state index contributed by atoms with van der Waals surface area (Å²) in [4.78, 5) is 2.03. The standard InChI is InChI=1S/C14H24N2O5S/c1-15(22(2,19)20)8-12-4-5-13(21-12)9-16-7-3-6-14(18,10-16)11-17/h4-5,17-18H,3,6-11H2,1-2H3. The lowest BCUT2D eigenvalue weighted by Crippen LogP contribution is -2.49. The van der Waals surface area contributed by atoms with Crippen molar-refractivity contribution in [3.05, 3.63) is 23.7 Å². The molecule has 0 radical (unpaired) electrons. The van der Waals surface area contributed by atoms with Crippen LogP contribution in [0.15, 0.2) is 16.5 Å². The van der Waals surface area contributed by atoms with Gasteiger partial charge in [0.2, 0.25) is 10.0 Å². The Morgan fingerprint density at radius 2 is 2.09 bits per heavy atom. The number of rotatable bonds is 6. The molecule has 1 atom stereocenters. The van der Waals surface area contributed by atoms with Crippen LogP contribution in [0.4, 0.5) is 0 Å². The molecule has 0 saturated carbocycles. The van der Waals surface area contributed by atoms with E-state index in [1.807, 2.05) is 11.0 Å². The molecule has 0 aromatic carbocycles. The Kier molecular flexibility index (Phi) is 5.29. The zero-order chi connectivity index (χ0) is 16.4. The van der Waals surface area contributed by atoms with Crippen LogP contribution < -0.4 is 0 Å². The van der Waals surface area contributed by atoms with E-state index in [-0.39, 0.29) is 13.2 Å². The summed E-state index contributed by atoms with van der Waals surface area (Å²) in [6, 6.07) is 3.58. The molecule has 2 rings (SSSR count). The molecule has 1 aromatic rings. The van der Waals surface area contributed by atoms with Crippen LogP contribution in [0.25, 0.3) is 0 Å². The summed E-state index contributed by atoms with van der Waals surface area (Å²) >= 11 is 0. The van der Waals surface area contributed by atoms with Crippen molar-refractivity contribution in [3.63, 3.8) is 0 Å². The van der Waals surface area contributed by atoms with Gasteiger partial charge in [-0.2, -0.15) is 4.31 Å². The van der Waals surface area contributed by atoms with E-state index in [0.717, 1.165) is 25.0 Å². The Balaban J connectivity index is 1.95. The predicted molar refractivity (Wildman–Crippen MR) is 81.6 cm³/mol. The Bertz CT molecular complexity index is 600.